The van der Waals surface area contributed by atoms with Crippen molar-refractivity contribution < 1.29 is 14.3 Å². The van der Waals surface area contributed by atoms with Crippen LogP contribution in [0.5, 0.6) is 0 Å². The van der Waals surface area contributed by atoms with Gasteiger partial charge in [0.2, 0.25) is 5.91 Å². The quantitative estimate of drug-likeness (QED) is 0.743. The Labute approximate surface area is 132 Å². The Kier molecular flexibility index (Phi) is 4.16. The molecule has 6 heteroatoms. The third kappa shape index (κ3) is 2.63. The van der Waals surface area contributed by atoms with Gasteiger partial charge in [0.15, 0.2) is 0 Å². The molecule has 0 bridgehead atoms. The minimum atomic E-state index is -0.633. The highest BCUT2D eigenvalue weighted by molar-refractivity contribution is 5.94. The highest BCUT2D eigenvalue weighted by Crippen LogP contribution is 2.48. The molecule has 3 rings (SSSR count). The normalized spacial score (nSPS) is 32.4. The first kappa shape index (κ1) is 15.7. The summed E-state index contributed by atoms with van der Waals surface area (Å²) in [5, 5.41) is 0. The average molecular weight is 309 g/mol. The van der Waals surface area contributed by atoms with E-state index in [1.807, 2.05) is 25.9 Å². The summed E-state index contributed by atoms with van der Waals surface area (Å²) in [5.41, 5.74) is -0.633. The molecule has 6 nitrogen and oxygen atoms in total. The van der Waals surface area contributed by atoms with Crippen LogP contribution < -0.4 is 0 Å². The van der Waals surface area contributed by atoms with Crippen LogP contribution >= 0.6 is 0 Å². The summed E-state index contributed by atoms with van der Waals surface area (Å²) >= 11 is 0. The third-order valence-electron chi connectivity index (χ3n) is 5.19. The number of carbonyl (C=O) groups is 2. The molecule has 0 spiro atoms. The van der Waals surface area contributed by atoms with Crippen molar-refractivity contribution in [2.75, 3.05) is 40.5 Å². The fraction of sp³-hybridized carbons (Fsp3) is 0.875. The zero-order valence-corrected chi connectivity index (χ0v) is 13.9. The van der Waals surface area contributed by atoms with Gasteiger partial charge >= 0.3 is 0 Å². The Morgan fingerprint density at radius 3 is 2.68 bits per heavy atom. The lowest BCUT2D eigenvalue weighted by Gasteiger charge is -2.33. The van der Waals surface area contributed by atoms with Crippen LogP contribution in [0.15, 0.2) is 0 Å². The van der Waals surface area contributed by atoms with Gasteiger partial charge in [0.25, 0.3) is 5.91 Å². The Hall–Kier alpha value is -1.14. The standard InChI is InChI=1S/C16H27N3O3/c1-12-14(20)18(9-8-17(2)3)11-19(12)15(21)16(13-5-6-13)7-4-10-22-16/h12-13H,4-11H2,1-3H3. The van der Waals surface area contributed by atoms with Crippen LogP contribution in [0.3, 0.4) is 0 Å². The Balaban J connectivity index is 1.71. The summed E-state index contributed by atoms with van der Waals surface area (Å²) < 4.78 is 5.93. The van der Waals surface area contributed by atoms with Crippen LogP contribution in [0, 0.1) is 5.92 Å². The van der Waals surface area contributed by atoms with Crippen LogP contribution in [-0.4, -0.2) is 78.6 Å². The van der Waals surface area contributed by atoms with E-state index in [1.54, 1.807) is 9.80 Å². The van der Waals surface area contributed by atoms with Gasteiger partial charge in [-0.1, -0.05) is 0 Å². The second-order valence-corrected chi connectivity index (χ2v) is 7.11. The van der Waals surface area contributed by atoms with E-state index < -0.39 is 5.60 Å². The average Bonchev–Trinajstić information content (AvgIpc) is 3.16. The molecular formula is C16H27N3O3. The minimum absolute atomic E-state index is 0.0423. The van der Waals surface area contributed by atoms with Gasteiger partial charge in [0, 0.05) is 19.7 Å². The number of hydrogen-bond acceptors (Lipinski definition) is 4. The lowest BCUT2D eigenvalue weighted by atomic mass is 9.92. The monoisotopic (exact) mass is 309 g/mol. The van der Waals surface area contributed by atoms with Gasteiger partial charge in [-0.25, -0.2) is 0 Å². The molecule has 22 heavy (non-hydrogen) atoms. The number of amides is 2. The summed E-state index contributed by atoms with van der Waals surface area (Å²) in [4.78, 5) is 31.1. The molecular weight excluding hydrogens is 282 g/mol. The maximum absolute atomic E-state index is 13.1. The first-order valence-electron chi connectivity index (χ1n) is 8.34. The molecule has 2 heterocycles. The van der Waals surface area contributed by atoms with Crippen molar-refractivity contribution in [3.8, 4) is 0 Å². The van der Waals surface area contributed by atoms with Gasteiger partial charge in [-0.3, -0.25) is 9.59 Å². The molecule has 2 amide bonds. The van der Waals surface area contributed by atoms with Gasteiger partial charge in [-0.15, -0.1) is 0 Å². The molecule has 1 aliphatic carbocycles. The predicted molar refractivity (Wildman–Crippen MR) is 82.1 cm³/mol. The van der Waals surface area contributed by atoms with Crippen LogP contribution in [-0.2, 0) is 14.3 Å². The second kappa shape index (κ2) is 5.81. The summed E-state index contributed by atoms with van der Waals surface area (Å²) in [7, 11) is 3.97. The van der Waals surface area contributed by atoms with Gasteiger partial charge in [0.1, 0.15) is 11.6 Å². The molecule has 3 aliphatic rings. The number of ether oxygens (including phenoxy) is 1. The molecule has 2 atom stereocenters. The number of carbonyl (C=O) groups excluding carboxylic acids is 2. The second-order valence-electron chi connectivity index (χ2n) is 7.11. The van der Waals surface area contributed by atoms with Gasteiger partial charge in [0.05, 0.1) is 6.67 Å². The summed E-state index contributed by atoms with van der Waals surface area (Å²) in [6.07, 6.45) is 3.91. The summed E-state index contributed by atoms with van der Waals surface area (Å²) in [6.45, 7) is 4.39. The fourth-order valence-electron chi connectivity index (χ4n) is 3.63. The van der Waals surface area contributed by atoms with Crippen molar-refractivity contribution in [1.29, 1.82) is 0 Å². The summed E-state index contributed by atoms with van der Waals surface area (Å²) in [6, 6.07) is -0.366. The van der Waals surface area contributed by atoms with Crippen molar-refractivity contribution in [1.82, 2.24) is 14.7 Å². The molecule has 0 radical (unpaired) electrons. The minimum Gasteiger partial charge on any atom is -0.365 e. The van der Waals surface area contributed by atoms with E-state index in [-0.39, 0.29) is 17.9 Å². The fourth-order valence-corrected chi connectivity index (χ4v) is 3.63. The first-order valence-corrected chi connectivity index (χ1v) is 8.34. The lowest BCUT2D eigenvalue weighted by molar-refractivity contribution is -0.157. The molecule has 1 saturated carbocycles. The zero-order chi connectivity index (χ0) is 15.9. The van der Waals surface area contributed by atoms with E-state index in [2.05, 4.69) is 0 Å². The predicted octanol–water partition coefficient (Wildman–Crippen LogP) is 0.524. The van der Waals surface area contributed by atoms with E-state index in [0.717, 1.165) is 32.2 Å². The SMILES string of the molecule is CC1C(=O)N(CCN(C)C)CN1C(=O)C1(C2CC2)CCCO1. The van der Waals surface area contributed by atoms with Crippen molar-refractivity contribution in [2.24, 2.45) is 5.92 Å². The van der Waals surface area contributed by atoms with E-state index in [9.17, 15) is 9.59 Å². The lowest BCUT2D eigenvalue weighted by Crippen LogP contribution is -2.52. The molecule has 0 aromatic heterocycles. The van der Waals surface area contributed by atoms with Crippen molar-refractivity contribution in [2.45, 2.75) is 44.2 Å². The number of hydrogen-bond donors (Lipinski definition) is 0. The Morgan fingerprint density at radius 2 is 2.14 bits per heavy atom. The smallest absolute Gasteiger partial charge is 0.257 e. The highest BCUT2D eigenvalue weighted by Gasteiger charge is 2.57. The van der Waals surface area contributed by atoms with Gasteiger partial charge in [-0.2, -0.15) is 0 Å². The molecule has 0 aromatic rings. The third-order valence-corrected chi connectivity index (χ3v) is 5.19. The molecule has 2 saturated heterocycles. The maximum atomic E-state index is 13.1. The van der Waals surface area contributed by atoms with Gasteiger partial charge < -0.3 is 19.4 Å². The van der Waals surface area contributed by atoms with Crippen LogP contribution in [0.1, 0.15) is 32.6 Å². The van der Waals surface area contributed by atoms with E-state index >= 15 is 0 Å². The summed E-state index contributed by atoms with van der Waals surface area (Å²) in [5.74, 6) is 0.459. The van der Waals surface area contributed by atoms with Crippen molar-refractivity contribution in [3.05, 3.63) is 0 Å². The molecule has 2 aliphatic heterocycles. The largest absolute Gasteiger partial charge is 0.365 e. The molecule has 3 fully saturated rings. The molecule has 0 N–H and O–H groups in total. The number of rotatable bonds is 5. The van der Waals surface area contributed by atoms with Crippen LogP contribution in [0.2, 0.25) is 0 Å². The van der Waals surface area contributed by atoms with Crippen LogP contribution in [0.4, 0.5) is 0 Å². The number of likely N-dealkylation sites (N-methyl/N-ethyl adjacent to an activating group) is 1. The van der Waals surface area contributed by atoms with Crippen molar-refractivity contribution in [3.63, 3.8) is 0 Å². The maximum Gasteiger partial charge on any atom is 0.257 e. The van der Waals surface area contributed by atoms with E-state index in [1.165, 1.54) is 0 Å². The zero-order valence-electron chi connectivity index (χ0n) is 13.9. The molecule has 124 valence electrons. The van der Waals surface area contributed by atoms with Gasteiger partial charge in [-0.05, 0) is 52.6 Å². The molecule has 2 unspecified atom stereocenters. The van der Waals surface area contributed by atoms with E-state index in [0.29, 0.717) is 25.7 Å². The molecule has 0 aromatic carbocycles. The Morgan fingerprint density at radius 1 is 1.41 bits per heavy atom. The van der Waals surface area contributed by atoms with E-state index in [4.69, 9.17) is 4.74 Å². The number of nitrogens with zero attached hydrogens (tertiary/aromatic N) is 3. The van der Waals surface area contributed by atoms with Crippen LogP contribution in [0.25, 0.3) is 0 Å². The topological polar surface area (TPSA) is 53.1 Å². The Bertz CT molecular complexity index is 456. The highest BCUT2D eigenvalue weighted by atomic mass is 16.5. The first-order chi connectivity index (χ1) is 10.5. The van der Waals surface area contributed by atoms with Crippen molar-refractivity contribution >= 4 is 11.8 Å².